The zero-order valence-electron chi connectivity index (χ0n) is 11.1. The highest BCUT2D eigenvalue weighted by molar-refractivity contribution is 5.79. The molecule has 0 saturated carbocycles. The first-order chi connectivity index (χ1) is 9.42. The molecule has 19 heavy (non-hydrogen) atoms. The van der Waals surface area contributed by atoms with Crippen molar-refractivity contribution in [1.82, 2.24) is 10.3 Å². The lowest BCUT2D eigenvalue weighted by Gasteiger charge is -2.22. The average molecular weight is 256 g/mol. The summed E-state index contributed by atoms with van der Waals surface area (Å²) in [4.78, 5) is 4.35. The molecule has 1 aliphatic rings. The van der Waals surface area contributed by atoms with Crippen LogP contribution in [0, 0.1) is 5.92 Å². The highest BCUT2D eigenvalue weighted by Crippen LogP contribution is 2.20. The van der Waals surface area contributed by atoms with Gasteiger partial charge in [0.15, 0.2) is 0 Å². The molecule has 0 aliphatic carbocycles. The Kier molecular flexibility index (Phi) is 3.94. The van der Waals surface area contributed by atoms with Gasteiger partial charge in [-0.15, -0.1) is 0 Å². The van der Waals surface area contributed by atoms with E-state index in [0.29, 0.717) is 0 Å². The van der Waals surface area contributed by atoms with Gasteiger partial charge in [0, 0.05) is 17.6 Å². The quantitative estimate of drug-likeness (QED) is 0.913. The van der Waals surface area contributed by atoms with Crippen LogP contribution >= 0.6 is 0 Å². The van der Waals surface area contributed by atoms with Crippen molar-refractivity contribution in [3.8, 4) is 5.75 Å². The van der Waals surface area contributed by atoms with E-state index in [0.717, 1.165) is 48.7 Å². The van der Waals surface area contributed by atoms with Crippen molar-refractivity contribution in [2.24, 2.45) is 5.92 Å². The maximum absolute atomic E-state index is 5.86. The molecule has 3 rings (SSSR count). The third-order valence-electron chi connectivity index (χ3n) is 3.83. The third-order valence-corrected chi connectivity index (χ3v) is 3.83. The molecule has 0 atom stereocenters. The Morgan fingerprint density at radius 1 is 1.21 bits per heavy atom. The second kappa shape index (κ2) is 6.02. The van der Waals surface area contributed by atoms with Crippen LogP contribution in [-0.4, -0.2) is 24.7 Å². The monoisotopic (exact) mass is 256 g/mol. The van der Waals surface area contributed by atoms with Crippen molar-refractivity contribution in [2.75, 3.05) is 19.7 Å². The first-order valence-corrected chi connectivity index (χ1v) is 7.10. The molecular formula is C16H20N2O. The lowest BCUT2D eigenvalue weighted by Crippen LogP contribution is -2.28. The zero-order valence-corrected chi connectivity index (χ0v) is 11.1. The van der Waals surface area contributed by atoms with Gasteiger partial charge in [0.2, 0.25) is 0 Å². The molecule has 2 heterocycles. The Bertz CT molecular complexity index is 535. The minimum atomic E-state index is 0.809. The second-order valence-corrected chi connectivity index (χ2v) is 5.19. The fourth-order valence-electron chi connectivity index (χ4n) is 2.65. The van der Waals surface area contributed by atoms with Gasteiger partial charge in [0.1, 0.15) is 5.75 Å². The number of nitrogens with one attached hydrogen (secondary N) is 1. The molecule has 0 amide bonds. The van der Waals surface area contributed by atoms with Gasteiger partial charge in [-0.1, -0.05) is 6.07 Å². The molecule has 0 unspecified atom stereocenters. The average Bonchev–Trinajstić information content (AvgIpc) is 2.48. The van der Waals surface area contributed by atoms with Crippen molar-refractivity contribution >= 4 is 10.9 Å². The minimum absolute atomic E-state index is 0.809. The molecule has 0 spiro atoms. The summed E-state index contributed by atoms with van der Waals surface area (Å²) in [5.74, 6) is 1.75. The molecular weight excluding hydrogens is 236 g/mol. The molecule has 1 N–H and O–H groups in total. The van der Waals surface area contributed by atoms with Gasteiger partial charge in [0.05, 0.1) is 12.1 Å². The van der Waals surface area contributed by atoms with Crippen LogP contribution in [0.1, 0.15) is 19.3 Å². The number of fused-ring (bicyclic) bond motifs is 1. The van der Waals surface area contributed by atoms with Crippen LogP contribution in [0.3, 0.4) is 0 Å². The Morgan fingerprint density at radius 3 is 3.00 bits per heavy atom. The largest absolute Gasteiger partial charge is 0.494 e. The number of aromatic nitrogens is 1. The molecule has 1 fully saturated rings. The van der Waals surface area contributed by atoms with Crippen LogP contribution in [-0.2, 0) is 0 Å². The zero-order chi connectivity index (χ0) is 12.9. The normalized spacial score (nSPS) is 16.6. The standard InChI is InChI=1S/C16H20N2O/c1-2-14-3-4-15(12-16(14)18-8-1)19-11-7-13-5-9-17-10-6-13/h1-4,8,12-13,17H,5-7,9-11H2. The van der Waals surface area contributed by atoms with Crippen LogP contribution in [0.25, 0.3) is 10.9 Å². The van der Waals surface area contributed by atoms with E-state index in [2.05, 4.69) is 22.4 Å². The fourth-order valence-corrected chi connectivity index (χ4v) is 2.65. The van der Waals surface area contributed by atoms with Crippen LogP contribution in [0.5, 0.6) is 5.75 Å². The summed E-state index contributed by atoms with van der Waals surface area (Å²) in [7, 11) is 0. The number of nitrogens with zero attached hydrogens (tertiary/aromatic N) is 1. The van der Waals surface area contributed by atoms with E-state index in [9.17, 15) is 0 Å². The predicted molar refractivity (Wildman–Crippen MR) is 77.4 cm³/mol. The van der Waals surface area contributed by atoms with Crippen molar-refractivity contribution in [3.63, 3.8) is 0 Å². The van der Waals surface area contributed by atoms with Crippen LogP contribution in [0.4, 0.5) is 0 Å². The Labute approximate surface area is 114 Å². The molecule has 1 aliphatic heterocycles. The van der Waals surface area contributed by atoms with Gasteiger partial charge in [0.25, 0.3) is 0 Å². The highest BCUT2D eigenvalue weighted by Gasteiger charge is 2.12. The van der Waals surface area contributed by atoms with E-state index >= 15 is 0 Å². The minimum Gasteiger partial charge on any atom is -0.494 e. The third kappa shape index (κ3) is 3.24. The first kappa shape index (κ1) is 12.4. The SMILES string of the molecule is c1cnc2cc(OCCC3CCNCC3)ccc2c1. The van der Waals surface area contributed by atoms with Gasteiger partial charge in [-0.25, -0.2) is 0 Å². The summed E-state index contributed by atoms with van der Waals surface area (Å²) in [6.07, 6.45) is 5.54. The van der Waals surface area contributed by atoms with E-state index < -0.39 is 0 Å². The lowest BCUT2D eigenvalue weighted by atomic mass is 9.95. The number of pyridine rings is 1. The molecule has 3 nitrogen and oxygen atoms in total. The van der Waals surface area contributed by atoms with Gasteiger partial charge in [-0.3, -0.25) is 4.98 Å². The summed E-state index contributed by atoms with van der Waals surface area (Å²) in [6.45, 7) is 3.12. The van der Waals surface area contributed by atoms with Crippen molar-refractivity contribution in [1.29, 1.82) is 0 Å². The van der Waals surface area contributed by atoms with E-state index in [4.69, 9.17) is 4.74 Å². The Morgan fingerprint density at radius 2 is 2.11 bits per heavy atom. The maximum atomic E-state index is 5.86. The summed E-state index contributed by atoms with van der Waals surface area (Å²) in [5.41, 5.74) is 1.00. The van der Waals surface area contributed by atoms with Gasteiger partial charge >= 0.3 is 0 Å². The molecule has 1 saturated heterocycles. The van der Waals surface area contributed by atoms with Gasteiger partial charge in [-0.2, -0.15) is 0 Å². The molecule has 100 valence electrons. The molecule has 1 aromatic carbocycles. The number of hydrogen-bond acceptors (Lipinski definition) is 3. The Hall–Kier alpha value is -1.61. The molecule has 2 aromatic rings. The topological polar surface area (TPSA) is 34.1 Å². The van der Waals surface area contributed by atoms with E-state index in [1.54, 1.807) is 0 Å². The van der Waals surface area contributed by atoms with Crippen LogP contribution < -0.4 is 10.1 Å². The Balaban J connectivity index is 1.56. The van der Waals surface area contributed by atoms with Crippen molar-refractivity contribution in [2.45, 2.75) is 19.3 Å². The number of ether oxygens (including phenoxy) is 1. The summed E-state index contributed by atoms with van der Waals surface area (Å²) in [6, 6.07) is 10.2. The number of benzene rings is 1. The number of hydrogen-bond donors (Lipinski definition) is 1. The van der Waals surface area contributed by atoms with Gasteiger partial charge in [-0.05, 0) is 56.5 Å². The summed E-state index contributed by atoms with van der Waals surface area (Å²) < 4.78 is 5.86. The summed E-state index contributed by atoms with van der Waals surface area (Å²) >= 11 is 0. The smallest absolute Gasteiger partial charge is 0.121 e. The molecule has 0 bridgehead atoms. The number of piperidine rings is 1. The maximum Gasteiger partial charge on any atom is 0.121 e. The van der Waals surface area contributed by atoms with Crippen molar-refractivity contribution in [3.05, 3.63) is 36.5 Å². The van der Waals surface area contributed by atoms with Crippen molar-refractivity contribution < 1.29 is 4.74 Å². The molecule has 3 heteroatoms. The van der Waals surface area contributed by atoms with Crippen LogP contribution in [0.2, 0.25) is 0 Å². The number of rotatable bonds is 4. The van der Waals surface area contributed by atoms with Gasteiger partial charge < -0.3 is 10.1 Å². The fraction of sp³-hybridized carbons (Fsp3) is 0.438. The lowest BCUT2D eigenvalue weighted by molar-refractivity contribution is 0.252. The molecule has 1 aromatic heterocycles. The highest BCUT2D eigenvalue weighted by atomic mass is 16.5. The van der Waals surface area contributed by atoms with E-state index in [-0.39, 0.29) is 0 Å². The van der Waals surface area contributed by atoms with Crippen LogP contribution in [0.15, 0.2) is 36.5 Å². The van der Waals surface area contributed by atoms with E-state index in [1.807, 2.05) is 24.4 Å². The van der Waals surface area contributed by atoms with E-state index in [1.165, 1.54) is 12.8 Å². The summed E-state index contributed by atoms with van der Waals surface area (Å²) in [5, 5.41) is 4.55. The molecule has 0 radical (unpaired) electrons. The second-order valence-electron chi connectivity index (χ2n) is 5.19. The predicted octanol–water partition coefficient (Wildman–Crippen LogP) is 3.00. The first-order valence-electron chi connectivity index (χ1n) is 7.10.